The van der Waals surface area contributed by atoms with Gasteiger partial charge in [0.15, 0.2) is 5.82 Å². The molecule has 0 saturated carbocycles. The Labute approximate surface area is 186 Å². The van der Waals surface area contributed by atoms with Crippen LogP contribution in [-0.2, 0) is 17.7 Å². The third kappa shape index (κ3) is 6.32. The molecule has 8 heteroatoms. The molecule has 31 heavy (non-hydrogen) atoms. The number of rotatable bonds is 8. The molecule has 7 nitrogen and oxygen atoms in total. The first-order valence-corrected chi connectivity index (χ1v) is 11.3. The van der Waals surface area contributed by atoms with Gasteiger partial charge in [-0.2, -0.15) is 10.1 Å². The molecule has 3 heterocycles. The highest BCUT2D eigenvalue weighted by atomic mass is 32.1. The Hall–Kier alpha value is -2.84. The van der Waals surface area contributed by atoms with Crippen LogP contribution >= 0.6 is 11.3 Å². The van der Waals surface area contributed by atoms with Crippen molar-refractivity contribution in [1.82, 2.24) is 9.97 Å². The fraction of sp³-hybridized carbons (Fsp3) is 0.391. The predicted molar refractivity (Wildman–Crippen MR) is 123 cm³/mol. The van der Waals surface area contributed by atoms with Crippen molar-refractivity contribution in [3.63, 3.8) is 0 Å². The molecule has 0 atom stereocenters. The van der Waals surface area contributed by atoms with Crippen LogP contribution in [0, 0.1) is 13.8 Å². The monoisotopic (exact) mass is 437 g/mol. The number of pyridine rings is 1. The molecule has 0 N–H and O–H groups in total. The lowest BCUT2D eigenvalue weighted by Crippen LogP contribution is -2.36. The largest absolute Gasteiger partial charge is 0.477 e. The van der Waals surface area contributed by atoms with E-state index in [4.69, 9.17) is 9.47 Å². The molecule has 4 rings (SSSR count). The van der Waals surface area contributed by atoms with Crippen molar-refractivity contribution in [1.29, 1.82) is 0 Å². The van der Waals surface area contributed by atoms with Gasteiger partial charge in [0.2, 0.25) is 5.88 Å². The molecule has 0 aliphatic carbocycles. The van der Waals surface area contributed by atoms with Crippen molar-refractivity contribution in [2.75, 3.05) is 37.8 Å². The number of benzene rings is 1. The van der Waals surface area contributed by atoms with Gasteiger partial charge in [0.05, 0.1) is 31.4 Å². The molecule has 2 aromatic heterocycles. The second-order valence-corrected chi connectivity index (χ2v) is 8.77. The molecular formula is C23H27N5O2S. The quantitative estimate of drug-likeness (QED) is 0.469. The van der Waals surface area contributed by atoms with E-state index >= 15 is 0 Å². The van der Waals surface area contributed by atoms with E-state index in [0.717, 1.165) is 35.8 Å². The van der Waals surface area contributed by atoms with Crippen molar-refractivity contribution >= 4 is 22.8 Å². The summed E-state index contributed by atoms with van der Waals surface area (Å²) in [5, 5.41) is 9.82. The molecule has 0 unspecified atom stereocenters. The van der Waals surface area contributed by atoms with Gasteiger partial charge < -0.3 is 14.4 Å². The number of aryl methyl sites for hydroxylation is 2. The van der Waals surface area contributed by atoms with Crippen LogP contribution in [0.4, 0.5) is 11.5 Å². The van der Waals surface area contributed by atoms with Gasteiger partial charge in [0.25, 0.3) is 0 Å². The zero-order valence-corrected chi connectivity index (χ0v) is 18.8. The molecule has 0 spiro atoms. The number of ether oxygens (including phenoxy) is 2. The lowest BCUT2D eigenvalue weighted by atomic mass is 10.1. The van der Waals surface area contributed by atoms with Gasteiger partial charge in [0.1, 0.15) is 0 Å². The third-order valence-corrected chi connectivity index (χ3v) is 5.90. The summed E-state index contributed by atoms with van der Waals surface area (Å²) in [6.07, 6.45) is 2.71. The zero-order chi connectivity index (χ0) is 21.5. The maximum Gasteiger partial charge on any atom is 0.217 e. The number of morpholine rings is 1. The molecule has 1 aliphatic rings. The van der Waals surface area contributed by atoms with Crippen molar-refractivity contribution in [3.8, 4) is 5.88 Å². The van der Waals surface area contributed by atoms with Gasteiger partial charge >= 0.3 is 0 Å². The SMILES string of the molecule is Cc1cccc(CN=Nc2cc(N3CCOCC3)cc(OCCc3cnc(C)s3)n2)c1. The number of hydrogen-bond donors (Lipinski definition) is 0. The summed E-state index contributed by atoms with van der Waals surface area (Å²) in [5.41, 5.74) is 3.38. The Bertz CT molecular complexity index is 1030. The summed E-state index contributed by atoms with van der Waals surface area (Å²) < 4.78 is 11.5. The van der Waals surface area contributed by atoms with E-state index < -0.39 is 0 Å². The molecule has 0 amide bonds. The van der Waals surface area contributed by atoms with Crippen molar-refractivity contribution in [2.45, 2.75) is 26.8 Å². The summed E-state index contributed by atoms with van der Waals surface area (Å²) in [6, 6.07) is 12.2. The van der Waals surface area contributed by atoms with Gasteiger partial charge in [-0.05, 0) is 19.4 Å². The van der Waals surface area contributed by atoms with Crippen molar-refractivity contribution in [2.24, 2.45) is 10.2 Å². The van der Waals surface area contributed by atoms with E-state index in [-0.39, 0.29) is 0 Å². The van der Waals surface area contributed by atoms with Gasteiger partial charge in [-0.3, -0.25) is 0 Å². The number of aromatic nitrogens is 2. The third-order valence-electron chi connectivity index (χ3n) is 4.93. The van der Waals surface area contributed by atoms with Crippen LogP contribution in [0.25, 0.3) is 0 Å². The molecule has 162 valence electrons. The number of thiazole rings is 1. The number of azo groups is 1. The summed E-state index contributed by atoms with van der Waals surface area (Å²) in [5.74, 6) is 1.12. The first kappa shape index (κ1) is 21.4. The maximum atomic E-state index is 5.98. The summed E-state index contributed by atoms with van der Waals surface area (Å²) in [7, 11) is 0. The van der Waals surface area contributed by atoms with Crippen LogP contribution in [0.1, 0.15) is 21.0 Å². The van der Waals surface area contributed by atoms with E-state index in [2.05, 4.69) is 50.2 Å². The van der Waals surface area contributed by atoms with Gasteiger partial charge in [-0.1, -0.05) is 29.8 Å². The average molecular weight is 438 g/mol. The Morgan fingerprint density at radius 2 is 2.03 bits per heavy atom. The van der Waals surface area contributed by atoms with E-state index in [1.54, 1.807) is 11.3 Å². The van der Waals surface area contributed by atoms with Crippen LogP contribution in [0.5, 0.6) is 5.88 Å². The van der Waals surface area contributed by atoms with Crippen LogP contribution in [0.2, 0.25) is 0 Å². The number of hydrogen-bond acceptors (Lipinski definition) is 8. The molecule has 0 bridgehead atoms. The van der Waals surface area contributed by atoms with E-state index in [1.165, 1.54) is 10.4 Å². The van der Waals surface area contributed by atoms with Crippen LogP contribution < -0.4 is 9.64 Å². The average Bonchev–Trinajstić information content (AvgIpc) is 3.19. The van der Waals surface area contributed by atoms with Crippen molar-refractivity contribution < 1.29 is 9.47 Å². The van der Waals surface area contributed by atoms with E-state index in [9.17, 15) is 0 Å². The van der Waals surface area contributed by atoms with E-state index in [0.29, 0.717) is 38.1 Å². The second kappa shape index (κ2) is 10.5. The zero-order valence-electron chi connectivity index (χ0n) is 18.0. The van der Waals surface area contributed by atoms with Gasteiger partial charge in [-0.15, -0.1) is 16.5 Å². The van der Waals surface area contributed by atoms with Crippen LogP contribution in [-0.4, -0.2) is 42.9 Å². The molecule has 1 aliphatic heterocycles. The smallest absolute Gasteiger partial charge is 0.217 e. The summed E-state index contributed by atoms with van der Waals surface area (Å²) in [4.78, 5) is 12.3. The molecule has 1 fully saturated rings. The highest BCUT2D eigenvalue weighted by molar-refractivity contribution is 7.11. The topological polar surface area (TPSA) is 72.2 Å². The van der Waals surface area contributed by atoms with E-state index in [1.807, 2.05) is 31.3 Å². The highest BCUT2D eigenvalue weighted by Gasteiger charge is 2.14. The number of nitrogens with zero attached hydrogens (tertiary/aromatic N) is 5. The lowest BCUT2D eigenvalue weighted by Gasteiger charge is -2.29. The van der Waals surface area contributed by atoms with Gasteiger partial charge in [0, 0.05) is 48.4 Å². The Kier molecular flexibility index (Phi) is 7.22. The fourth-order valence-corrected chi connectivity index (χ4v) is 4.16. The fourth-order valence-electron chi connectivity index (χ4n) is 3.38. The Morgan fingerprint density at radius 1 is 1.16 bits per heavy atom. The van der Waals surface area contributed by atoms with Crippen LogP contribution in [0.3, 0.4) is 0 Å². The Morgan fingerprint density at radius 3 is 2.81 bits per heavy atom. The van der Waals surface area contributed by atoms with Crippen LogP contribution in [0.15, 0.2) is 52.8 Å². The Balaban J connectivity index is 1.47. The maximum absolute atomic E-state index is 5.98. The molecule has 3 aromatic rings. The highest BCUT2D eigenvalue weighted by Crippen LogP contribution is 2.27. The molecule has 1 saturated heterocycles. The normalized spacial score (nSPS) is 14.3. The summed E-state index contributed by atoms with van der Waals surface area (Å²) >= 11 is 1.69. The second-order valence-electron chi connectivity index (χ2n) is 7.45. The number of anilines is 1. The minimum Gasteiger partial charge on any atom is -0.477 e. The minimum absolute atomic E-state index is 0.520. The molecular weight excluding hydrogens is 410 g/mol. The summed E-state index contributed by atoms with van der Waals surface area (Å²) in [6.45, 7) is 8.25. The first-order chi connectivity index (χ1) is 15.2. The standard InChI is InChI=1S/C23H27N5O2S/c1-17-4-3-5-19(12-17)15-25-27-22-13-20(28-7-10-29-11-8-28)14-23(26-22)30-9-6-21-16-24-18(2)31-21/h3-5,12-14,16H,6-11,15H2,1-2H3. The predicted octanol–water partition coefficient (Wildman–Crippen LogP) is 4.90. The molecule has 0 radical (unpaired) electrons. The first-order valence-electron chi connectivity index (χ1n) is 10.5. The van der Waals surface area contributed by atoms with Gasteiger partial charge in [-0.25, -0.2) is 4.98 Å². The lowest BCUT2D eigenvalue weighted by molar-refractivity contribution is 0.122. The molecule has 1 aromatic carbocycles. The minimum atomic E-state index is 0.520. The van der Waals surface area contributed by atoms with Crippen molar-refractivity contribution in [3.05, 3.63) is 63.6 Å².